The third kappa shape index (κ3) is 4.56. The Hall–Kier alpha value is -2.69. The summed E-state index contributed by atoms with van der Waals surface area (Å²) in [5.41, 5.74) is 2.86. The maximum Gasteiger partial charge on any atom is 0.260 e. The molecule has 4 aliphatic carbocycles. The number of fused-ring (bicyclic) bond motifs is 5. The quantitative estimate of drug-likeness (QED) is 0.385. The van der Waals surface area contributed by atoms with Crippen LogP contribution >= 0.6 is 0 Å². The Bertz CT molecular complexity index is 1170. The van der Waals surface area contributed by atoms with Crippen LogP contribution < -0.4 is 5.32 Å². The summed E-state index contributed by atoms with van der Waals surface area (Å²) >= 11 is 0. The van der Waals surface area contributed by atoms with Gasteiger partial charge >= 0.3 is 0 Å². The van der Waals surface area contributed by atoms with Crippen LogP contribution in [-0.2, 0) is 9.63 Å². The van der Waals surface area contributed by atoms with Crippen LogP contribution in [0.25, 0.3) is 0 Å². The molecule has 0 bridgehead atoms. The standard InChI is InChI=1S/C31H41N3O4/c1-5-31(37)15-12-26-24-9-8-22-16-23(10-13-29(22,3)25(24)11-14-30(26,31)4)34-38-19-28(36)33-18-27(35)21-7-6-20(2)32-17-21/h1,6-7,16-17,24-27,35,37H,8-15,18-19H2,2-4H3,(H,33,36)/t24-,25-,26-,27+,29-,30-,31-/m1/s1. The van der Waals surface area contributed by atoms with Gasteiger partial charge in [-0.3, -0.25) is 9.78 Å². The Balaban J connectivity index is 1.16. The molecule has 5 rings (SSSR count). The minimum atomic E-state index is -0.967. The first-order valence-corrected chi connectivity index (χ1v) is 14.1. The number of carbonyl (C=O) groups excluding carboxylic acids is 1. The van der Waals surface area contributed by atoms with Gasteiger partial charge in [-0.2, -0.15) is 0 Å². The highest BCUT2D eigenvalue weighted by molar-refractivity contribution is 5.96. The van der Waals surface area contributed by atoms with Crippen LogP contribution in [0.1, 0.15) is 82.6 Å². The number of aryl methyl sites for hydroxylation is 1. The number of aliphatic hydroxyl groups is 2. The summed E-state index contributed by atoms with van der Waals surface area (Å²) < 4.78 is 0. The zero-order valence-corrected chi connectivity index (χ0v) is 22.9. The predicted molar refractivity (Wildman–Crippen MR) is 146 cm³/mol. The lowest BCUT2D eigenvalue weighted by molar-refractivity contribution is -0.126. The third-order valence-corrected chi connectivity index (χ3v) is 10.6. The average molecular weight is 520 g/mol. The van der Waals surface area contributed by atoms with Gasteiger partial charge < -0.3 is 20.4 Å². The third-order valence-electron chi connectivity index (χ3n) is 10.6. The first-order chi connectivity index (χ1) is 18.1. The van der Waals surface area contributed by atoms with Gasteiger partial charge in [0, 0.05) is 29.4 Å². The number of hydrogen-bond acceptors (Lipinski definition) is 6. The highest BCUT2D eigenvalue weighted by Gasteiger charge is 2.63. The molecule has 0 saturated heterocycles. The summed E-state index contributed by atoms with van der Waals surface area (Å²) in [7, 11) is 0. The molecular weight excluding hydrogens is 478 g/mol. The zero-order chi connectivity index (χ0) is 27.1. The van der Waals surface area contributed by atoms with Gasteiger partial charge in [-0.05, 0) is 93.6 Å². The Morgan fingerprint density at radius 3 is 2.76 bits per heavy atom. The van der Waals surface area contributed by atoms with E-state index in [4.69, 9.17) is 11.3 Å². The summed E-state index contributed by atoms with van der Waals surface area (Å²) in [6, 6.07) is 3.63. The molecule has 38 heavy (non-hydrogen) atoms. The van der Waals surface area contributed by atoms with E-state index in [1.54, 1.807) is 12.3 Å². The molecule has 0 radical (unpaired) electrons. The molecule has 0 aromatic carbocycles. The van der Waals surface area contributed by atoms with Crippen LogP contribution in [0.2, 0.25) is 0 Å². The van der Waals surface area contributed by atoms with E-state index < -0.39 is 11.7 Å². The second-order valence-corrected chi connectivity index (χ2v) is 12.4. The van der Waals surface area contributed by atoms with E-state index in [0.717, 1.165) is 62.8 Å². The first kappa shape index (κ1) is 26.9. The summed E-state index contributed by atoms with van der Waals surface area (Å²) in [6.45, 7) is 6.43. The van der Waals surface area contributed by atoms with Crippen molar-refractivity contribution < 1.29 is 19.8 Å². The molecule has 1 amide bonds. The van der Waals surface area contributed by atoms with Crippen molar-refractivity contribution >= 4 is 11.6 Å². The van der Waals surface area contributed by atoms with Crippen LogP contribution in [-0.4, -0.2) is 45.6 Å². The molecule has 3 fully saturated rings. The molecule has 1 aromatic heterocycles. The molecule has 1 heterocycles. The van der Waals surface area contributed by atoms with Crippen LogP contribution in [0, 0.1) is 47.9 Å². The summed E-state index contributed by atoms with van der Waals surface area (Å²) in [5, 5.41) is 28.4. The number of allylic oxidation sites excluding steroid dienone is 2. The van der Waals surface area contributed by atoms with Crippen molar-refractivity contribution in [3.8, 4) is 12.3 Å². The lowest BCUT2D eigenvalue weighted by Crippen LogP contribution is -2.54. The molecule has 0 spiro atoms. The lowest BCUT2D eigenvalue weighted by atomic mass is 9.46. The molecule has 0 aliphatic heterocycles. The van der Waals surface area contributed by atoms with Crippen molar-refractivity contribution in [2.24, 2.45) is 33.7 Å². The van der Waals surface area contributed by atoms with Crippen LogP contribution in [0.4, 0.5) is 0 Å². The van der Waals surface area contributed by atoms with E-state index in [-0.39, 0.29) is 29.9 Å². The van der Waals surface area contributed by atoms with E-state index in [1.165, 1.54) is 5.57 Å². The van der Waals surface area contributed by atoms with Crippen molar-refractivity contribution in [1.29, 1.82) is 0 Å². The Morgan fingerprint density at radius 1 is 1.24 bits per heavy atom. The van der Waals surface area contributed by atoms with Crippen molar-refractivity contribution in [2.45, 2.75) is 83.8 Å². The molecule has 204 valence electrons. The molecule has 1 aromatic rings. The minimum Gasteiger partial charge on any atom is -0.387 e. The Kier molecular flexibility index (Phi) is 7.17. The second-order valence-electron chi connectivity index (χ2n) is 12.4. The van der Waals surface area contributed by atoms with E-state index in [0.29, 0.717) is 23.3 Å². The van der Waals surface area contributed by atoms with Gasteiger partial charge in [-0.15, -0.1) is 6.42 Å². The number of pyridine rings is 1. The SMILES string of the molecule is C#C[C@@]1(O)CC[C@@H]2[C@@H]3CCC4=CC(=NOCC(=O)NC[C@H](O)c5ccc(C)nc5)CC[C@@]4(C)[C@@H]3CC[C@]21C. The van der Waals surface area contributed by atoms with Crippen molar-refractivity contribution in [3.63, 3.8) is 0 Å². The number of hydrogen-bond donors (Lipinski definition) is 3. The molecule has 7 atom stereocenters. The molecule has 3 saturated carbocycles. The first-order valence-electron chi connectivity index (χ1n) is 14.1. The van der Waals surface area contributed by atoms with Gasteiger partial charge in [-0.1, -0.05) is 36.6 Å². The number of oxime groups is 1. The smallest absolute Gasteiger partial charge is 0.260 e. The fourth-order valence-corrected chi connectivity index (χ4v) is 8.13. The maximum atomic E-state index is 12.2. The largest absolute Gasteiger partial charge is 0.387 e. The highest BCUT2D eigenvalue weighted by Crippen LogP contribution is 2.67. The lowest BCUT2D eigenvalue weighted by Gasteiger charge is -2.58. The van der Waals surface area contributed by atoms with Crippen LogP contribution in [0.3, 0.4) is 0 Å². The summed E-state index contributed by atoms with van der Waals surface area (Å²) in [6.07, 6.45) is 16.6. The number of aliphatic hydroxyl groups excluding tert-OH is 1. The fraction of sp³-hybridized carbons (Fsp3) is 0.645. The normalized spacial score (nSPS) is 37.7. The second kappa shape index (κ2) is 10.1. The summed E-state index contributed by atoms with van der Waals surface area (Å²) in [5.74, 6) is 4.13. The molecule has 3 N–H and O–H groups in total. The number of amides is 1. The number of aromatic nitrogens is 1. The molecule has 7 nitrogen and oxygen atoms in total. The van der Waals surface area contributed by atoms with E-state index in [1.807, 2.05) is 13.0 Å². The molecular formula is C31H41N3O4. The minimum absolute atomic E-state index is 0.0905. The van der Waals surface area contributed by atoms with Gasteiger partial charge in [0.25, 0.3) is 5.91 Å². The van der Waals surface area contributed by atoms with Gasteiger partial charge in [0.15, 0.2) is 6.61 Å². The number of terminal acetylenes is 1. The predicted octanol–water partition coefficient (Wildman–Crippen LogP) is 4.24. The maximum absolute atomic E-state index is 12.2. The number of rotatable bonds is 6. The molecule has 4 aliphatic rings. The van der Waals surface area contributed by atoms with Gasteiger partial charge in [0.05, 0.1) is 11.8 Å². The molecule has 7 heteroatoms. The van der Waals surface area contributed by atoms with Gasteiger partial charge in [0.1, 0.15) is 5.60 Å². The fourth-order valence-electron chi connectivity index (χ4n) is 8.13. The van der Waals surface area contributed by atoms with Gasteiger partial charge in [0.2, 0.25) is 0 Å². The van der Waals surface area contributed by atoms with Crippen molar-refractivity contribution in [2.75, 3.05) is 13.2 Å². The van der Waals surface area contributed by atoms with Gasteiger partial charge in [-0.25, -0.2) is 0 Å². The number of nitrogens with one attached hydrogen (secondary N) is 1. The number of carbonyl (C=O) groups is 1. The number of nitrogens with zero attached hydrogens (tertiary/aromatic N) is 2. The average Bonchev–Trinajstić information content (AvgIpc) is 3.18. The zero-order valence-electron chi connectivity index (χ0n) is 22.9. The van der Waals surface area contributed by atoms with E-state index in [2.05, 4.69) is 41.3 Å². The van der Waals surface area contributed by atoms with Crippen LogP contribution in [0.5, 0.6) is 0 Å². The summed E-state index contributed by atoms with van der Waals surface area (Å²) in [4.78, 5) is 21.8. The Morgan fingerprint density at radius 2 is 2.03 bits per heavy atom. The Labute approximate surface area is 226 Å². The monoisotopic (exact) mass is 519 g/mol. The van der Waals surface area contributed by atoms with Crippen molar-refractivity contribution in [1.82, 2.24) is 10.3 Å². The van der Waals surface area contributed by atoms with E-state index >= 15 is 0 Å². The van der Waals surface area contributed by atoms with E-state index in [9.17, 15) is 15.0 Å². The van der Waals surface area contributed by atoms with Crippen molar-refractivity contribution in [3.05, 3.63) is 41.2 Å². The van der Waals surface area contributed by atoms with Crippen LogP contribution in [0.15, 0.2) is 35.1 Å². The topological polar surface area (TPSA) is 104 Å². The molecule has 0 unspecified atom stereocenters. The highest BCUT2D eigenvalue weighted by atomic mass is 16.6.